The Bertz CT molecular complexity index is 621. The molecular weight excluding hydrogens is 306 g/mol. The zero-order valence-electron chi connectivity index (χ0n) is 11.2. The molecule has 0 unspecified atom stereocenters. The number of hydrogen-bond donors (Lipinski definition) is 1. The summed E-state index contributed by atoms with van der Waals surface area (Å²) in [6.45, 7) is 6.67. The van der Waals surface area contributed by atoms with Crippen LogP contribution >= 0.6 is 15.9 Å². The van der Waals surface area contributed by atoms with Gasteiger partial charge in [-0.05, 0) is 50.1 Å². The molecule has 0 fully saturated rings. The van der Waals surface area contributed by atoms with Gasteiger partial charge in [0.05, 0.1) is 5.69 Å². The first-order valence-electron chi connectivity index (χ1n) is 6.15. The fraction of sp³-hybridized carbons (Fsp3) is 0.267. The Balaban J connectivity index is 2.69. The number of aromatic nitrogens is 1. The van der Waals surface area contributed by atoms with E-state index in [9.17, 15) is 9.90 Å². The summed E-state index contributed by atoms with van der Waals surface area (Å²) in [5.41, 5.74) is 4.63. The van der Waals surface area contributed by atoms with E-state index in [1.807, 2.05) is 31.4 Å². The molecule has 3 nitrogen and oxygen atoms in total. The van der Waals surface area contributed by atoms with Crippen LogP contribution in [0, 0.1) is 13.8 Å². The number of aryl methyl sites for hydroxylation is 2. The molecule has 2 rings (SSSR count). The second-order valence-electron chi connectivity index (χ2n) is 4.59. The van der Waals surface area contributed by atoms with Crippen molar-refractivity contribution in [2.45, 2.75) is 27.3 Å². The molecule has 4 heteroatoms. The largest absolute Gasteiger partial charge is 0.477 e. The summed E-state index contributed by atoms with van der Waals surface area (Å²) in [7, 11) is 0. The number of halogens is 1. The maximum Gasteiger partial charge on any atom is 0.352 e. The molecule has 0 aliphatic carbocycles. The van der Waals surface area contributed by atoms with Gasteiger partial charge in [0.15, 0.2) is 0 Å². The van der Waals surface area contributed by atoms with Gasteiger partial charge in [-0.2, -0.15) is 0 Å². The van der Waals surface area contributed by atoms with Gasteiger partial charge in [-0.1, -0.05) is 22.0 Å². The molecule has 1 N–H and O–H groups in total. The van der Waals surface area contributed by atoms with Crippen LogP contribution in [0.4, 0.5) is 0 Å². The molecule has 0 saturated carbocycles. The van der Waals surface area contributed by atoms with Crippen molar-refractivity contribution in [2.75, 3.05) is 0 Å². The van der Waals surface area contributed by atoms with E-state index in [0.717, 1.165) is 21.3 Å². The third kappa shape index (κ3) is 2.45. The highest BCUT2D eigenvalue weighted by Gasteiger charge is 2.17. The summed E-state index contributed by atoms with van der Waals surface area (Å²) in [5.74, 6) is -0.894. The van der Waals surface area contributed by atoms with E-state index in [1.54, 1.807) is 6.07 Å². The van der Waals surface area contributed by atoms with Gasteiger partial charge in [0, 0.05) is 16.6 Å². The first kappa shape index (κ1) is 13.9. The first-order chi connectivity index (χ1) is 8.95. The smallest absolute Gasteiger partial charge is 0.352 e. The van der Waals surface area contributed by atoms with Crippen molar-refractivity contribution in [1.82, 2.24) is 4.57 Å². The summed E-state index contributed by atoms with van der Waals surface area (Å²) >= 11 is 3.58. The molecule has 1 aromatic carbocycles. The average Bonchev–Trinajstić information content (AvgIpc) is 2.71. The topological polar surface area (TPSA) is 42.2 Å². The lowest BCUT2D eigenvalue weighted by atomic mass is 10.0. The maximum atomic E-state index is 11.2. The van der Waals surface area contributed by atoms with Crippen molar-refractivity contribution in [2.24, 2.45) is 0 Å². The van der Waals surface area contributed by atoms with Gasteiger partial charge in [0.25, 0.3) is 0 Å². The third-order valence-electron chi connectivity index (χ3n) is 3.20. The fourth-order valence-corrected chi connectivity index (χ4v) is 3.33. The quantitative estimate of drug-likeness (QED) is 0.918. The number of hydrogen-bond acceptors (Lipinski definition) is 1. The van der Waals surface area contributed by atoms with E-state index in [2.05, 4.69) is 28.1 Å². The Labute approximate surface area is 121 Å². The second kappa shape index (κ2) is 5.21. The van der Waals surface area contributed by atoms with Gasteiger partial charge in [-0.15, -0.1) is 0 Å². The van der Waals surface area contributed by atoms with Crippen LogP contribution in [0.5, 0.6) is 0 Å². The first-order valence-corrected chi connectivity index (χ1v) is 6.95. The average molecular weight is 322 g/mol. The van der Waals surface area contributed by atoms with Gasteiger partial charge in [0.2, 0.25) is 0 Å². The molecular formula is C15H16BrNO2. The Morgan fingerprint density at radius 3 is 2.53 bits per heavy atom. The highest BCUT2D eigenvalue weighted by molar-refractivity contribution is 9.10. The fourth-order valence-electron chi connectivity index (χ4n) is 2.45. The van der Waals surface area contributed by atoms with Crippen molar-refractivity contribution in [3.8, 4) is 11.3 Å². The van der Waals surface area contributed by atoms with Crippen LogP contribution in [0.3, 0.4) is 0 Å². The molecule has 0 aliphatic heterocycles. The summed E-state index contributed by atoms with van der Waals surface area (Å²) < 4.78 is 2.82. The van der Waals surface area contributed by atoms with Crippen LogP contribution in [0.15, 0.2) is 28.7 Å². The van der Waals surface area contributed by atoms with Crippen LogP contribution in [0.2, 0.25) is 0 Å². The minimum Gasteiger partial charge on any atom is -0.477 e. The number of aromatic carboxylic acids is 1. The molecule has 0 spiro atoms. The molecule has 0 amide bonds. The molecule has 0 radical (unpaired) electrons. The molecule has 0 saturated heterocycles. The molecule has 2 aromatic rings. The van der Waals surface area contributed by atoms with Crippen LogP contribution in [0.25, 0.3) is 11.3 Å². The van der Waals surface area contributed by atoms with E-state index >= 15 is 0 Å². The van der Waals surface area contributed by atoms with Gasteiger partial charge in [-0.25, -0.2) is 4.79 Å². The zero-order chi connectivity index (χ0) is 14.2. The molecule has 1 aromatic heterocycles. The number of carboxylic acid groups (broad SMARTS) is 1. The van der Waals surface area contributed by atoms with Crippen LogP contribution in [-0.4, -0.2) is 15.6 Å². The van der Waals surface area contributed by atoms with Crippen molar-refractivity contribution in [3.05, 3.63) is 45.6 Å². The van der Waals surface area contributed by atoms with Crippen molar-refractivity contribution in [1.29, 1.82) is 0 Å². The van der Waals surface area contributed by atoms with E-state index in [4.69, 9.17) is 0 Å². The van der Waals surface area contributed by atoms with Gasteiger partial charge >= 0.3 is 5.97 Å². The van der Waals surface area contributed by atoms with Crippen LogP contribution in [0.1, 0.15) is 28.5 Å². The van der Waals surface area contributed by atoms with E-state index < -0.39 is 5.97 Å². The van der Waals surface area contributed by atoms with E-state index in [1.165, 1.54) is 5.56 Å². The maximum absolute atomic E-state index is 11.2. The lowest BCUT2D eigenvalue weighted by molar-refractivity contribution is 0.0685. The number of carbonyl (C=O) groups is 1. The highest BCUT2D eigenvalue weighted by Crippen LogP contribution is 2.33. The number of nitrogens with zero attached hydrogens (tertiary/aromatic N) is 1. The Hall–Kier alpha value is -1.55. The minimum absolute atomic E-state index is 0.323. The van der Waals surface area contributed by atoms with Crippen molar-refractivity contribution in [3.63, 3.8) is 0 Å². The van der Waals surface area contributed by atoms with E-state index in [-0.39, 0.29) is 0 Å². The second-order valence-corrected chi connectivity index (χ2v) is 5.45. The van der Waals surface area contributed by atoms with Gasteiger partial charge < -0.3 is 9.67 Å². The van der Waals surface area contributed by atoms with Crippen molar-refractivity contribution >= 4 is 21.9 Å². The molecule has 100 valence electrons. The molecule has 1 heterocycles. The monoisotopic (exact) mass is 321 g/mol. The normalized spacial score (nSPS) is 10.7. The highest BCUT2D eigenvalue weighted by atomic mass is 79.9. The predicted octanol–water partition coefficient (Wildman–Crippen LogP) is 4.25. The summed E-state index contributed by atoms with van der Waals surface area (Å²) in [5, 5.41) is 9.21. The standard InChI is InChI=1S/C15H16BrNO2/c1-4-17-12(5-6-13(17)15(18)19)14-10(3)7-9(2)8-11(14)16/h5-8H,4H2,1-3H3,(H,18,19). The third-order valence-corrected chi connectivity index (χ3v) is 3.83. The molecule has 0 atom stereocenters. The van der Waals surface area contributed by atoms with Crippen LogP contribution < -0.4 is 0 Å². The molecule has 0 aliphatic rings. The molecule has 19 heavy (non-hydrogen) atoms. The minimum atomic E-state index is -0.894. The molecule has 0 bridgehead atoms. The number of carboxylic acids is 1. The Morgan fingerprint density at radius 1 is 1.32 bits per heavy atom. The predicted molar refractivity (Wildman–Crippen MR) is 79.7 cm³/mol. The van der Waals surface area contributed by atoms with Crippen LogP contribution in [-0.2, 0) is 6.54 Å². The van der Waals surface area contributed by atoms with Gasteiger partial charge in [0.1, 0.15) is 5.69 Å². The number of benzene rings is 1. The summed E-state index contributed by atoms with van der Waals surface area (Å²) in [4.78, 5) is 11.2. The van der Waals surface area contributed by atoms with Gasteiger partial charge in [-0.3, -0.25) is 0 Å². The SMILES string of the molecule is CCn1c(C(=O)O)ccc1-c1c(C)cc(C)cc1Br. The lowest BCUT2D eigenvalue weighted by Crippen LogP contribution is -2.08. The Morgan fingerprint density at radius 2 is 2.00 bits per heavy atom. The van der Waals surface area contributed by atoms with Crippen molar-refractivity contribution < 1.29 is 9.90 Å². The van der Waals surface area contributed by atoms with E-state index in [0.29, 0.717) is 12.2 Å². The lowest BCUT2D eigenvalue weighted by Gasteiger charge is -2.14. The zero-order valence-corrected chi connectivity index (χ0v) is 12.8. The summed E-state index contributed by atoms with van der Waals surface area (Å²) in [6, 6.07) is 7.69. The summed E-state index contributed by atoms with van der Waals surface area (Å²) in [6.07, 6.45) is 0. The number of rotatable bonds is 3. The Kier molecular flexibility index (Phi) is 3.80.